The van der Waals surface area contributed by atoms with Crippen LogP contribution >= 0.6 is 0 Å². The van der Waals surface area contributed by atoms with Crippen LogP contribution in [-0.2, 0) is 4.79 Å². The molecule has 4 heterocycles. The molecule has 9 heteroatoms. The van der Waals surface area contributed by atoms with Gasteiger partial charge in [-0.2, -0.15) is 10.2 Å². The molecular weight excluding hydrogens is 422 g/mol. The zero-order chi connectivity index (χ0) is 22.8. The third kappa shape index (κ3) is 4.12. The summed E-state index contributed by atoms with van der Waals surface area (Å²) in [6, 6.07) is 12.9. The van der Waals surface area contributed by atoms with Gasteiger partial charge in [-0.05, 0) is 37.1 Å². The molecule has 2 saturated heterocycles. The lowest BCUT2D eigenvalue weighted by Gasteiger charge is -2.39. The summed E-state index contributed by atoms with van der Waals surface area (Å²) in [5.41, 5.74) is 1.04. The monoisotopic (exact) mass is 447 g/mol. The summed E-state index contributed by atoms with van der Waals surface area (Å²) in [7, 11) is 0. The quantitative estimate of drug-likeness (QED) is 0.650. The molecule has 0 aliphatic carbocycles. The molecule has 3 aromatic rings. The summed E-state index contributed by atoms with van der Waals surface area (Å²) in [5, 5.41) is 19.6. The van der Waals surface area contributed by atoms with Gasteiger partial charge in [0.2, 0.25) is 17.5 Å². The third-order valence-electron chi connectivity index (χ3n) is 6.39. The molecule has 0 unspecified atom stereocenters. The highest BCUT2D eigenvalue weighted by Gasteiger charge is 2.33. The molecule has 2 aromatic heterocycles. The van der Waals surface area contributed by atoms with Crippen LogP contribution in [0.5, 0.6) is 5.75 Å². The maximum absolute atomic E-state index is 13.1. The highest BCUT2D eigenvalue weighted by molar-refractivity contribution is 5.79. The molecule has 0 bridgehead atoms. The maximum atomic E-state index is 13.1. The van der Waals surface area contributed by atoms with E-state index in [1.54, 1.807) is 24.3 Å². The van der Waals surface area contributed by atoms with E-state index in [4.69, 9.17) is 8.83 Å². The second-order valence-electron chi connectivity index (χ2n) is 8.32. The van der Waals surface area contributed by atoms with Gasteiger partial charge >= 0.3 is 0 Å². The number of benzene rings is 1. The number of piperidine rings is 1. The molecule has 0 radical (unpaired) electrons. The number of phenolic OH excluding ortho intramolecular Hbond substituents is 1. The third-order valence-corrected chi connectivity index (χ3v) is 6.39. The fourth-order valence-corrected chi connectivity index (χ4v) is 4.59. The minimum atomic E-state index is -0.0454. The molecule has 1 amide bonds. The second kappa shape index (κ2) is 8.90. The Morgan fingerprint density at radius 1 is 1.03 bits per heavy atom. The van der Waals surface area contributed by atoms with E-state index in [-0.39, 0.29) is 29.2 Å². The van der Waals surface area contributed by atoms with Crippen LogP contribution in [0.15, 0.2) is 51.5 Å². The first-order valence-corrected chi connectivity index (χ1v) is 11.2. The van der Waals surface area contributed by atoms with Crippen molar-refractivity contribution >= 4 is 17.5 Å². The van der Waals surface area contributed by atoms with E-state index >= 15 is 0 Å². The fraction of sp³-hybridized carbons (Fsp3) is 0.375. The van der Waals surface area contributed by atoms with Gasteiger partial charge in [0, 0.05) is 45.2 Å². The zero-order valence-corrected chi connectivity index (χ0v) is 18.2. The molecular formula is C24H25N5O4. The van der Waals surface area contributed by atoms with Gasteiger partial charge in [0.05, 0.1) is 12.0 Å². The number of amides is 1. The van der Waals surface area contributed by atoms with Crippen LogP contribution in [0.1, 0.15) is 18.5 Å². The summed E-state index contributed by atoms with van der Waals surface area (Å²) >= 11 is 0. The van der Waals surface area contributed by atoms with Gasteiger partial charge in [0.1, 0.15) is 11.8 Å². The highest BCUT2D eigenvalue weighted by Crippen LogP contribution is 2.32. The molecule has 1 N–H and O–H groups in total. The standard InChI is InChI=1S/C24H25N5O4/c25-16-18-24(33-22(26-18)21-6-3-15-32-21)29-9-7-17(8-10-29)23(31)28-13-11-27(12-14-28)19-4-1-2-5-20(19)30/h1-6,15,17,30H,7-14H2. The summed E-state index contributed by atoms with van der Waals surface area (Å²) in [6.07, 6.45) is 2.92. The van der Waals surface area contributed by atoms with E-state index in [2.05, 4.69) is 16.0 Å². The van der Waals surface area contributed by atoms with E-state index in [9.17, 15) is 15.2 Å². The van der Waals surface area contributed by atoms with E-state index in [1.807, 2.05) is 21.9 Å². The van der Waals surface area contributed by atoms with Gasteiger partial charge in [-0.3, -0.25) is 4.79 Å². The molecule has 2 aliphatic heterocycles. The first-order valence-electron chi connectivity index (χ1n) is 11.2. The lowest BCUT2D eigenvalue weighted by Crippen LogP contribution is -2.51. The largest absolute Gasteiger partial charge is 0.506 e. The van der Waals surface area contributed by atoms with Gasteiger partial charge < -0.3 is 28.6 Å². The Morgan fingerprint density at radius 3 is 2.45 bits per heavy atom. The Balaban J connectivity index is 1.18. The van der Waals surface area contributed by atoms with Crippen LogP contribution in [0, 0.1) is 17.2 Å². The molecule has 33 heavy (non-hydrogen) atoms. The Hall–Kier alpha value is -3.93. The summed E-state index contributed by atoms with van der Waals surface area (Å²) < 4.78 is 11.2. The number of anilines is 2. The number of hydrogen-bond acceptors (Lipinski definition) is 8. The summed E-state index contributed by atoms with van der Waals surface area (Å²) in [4.78, 5) is 23.4. The number of phenols is 1. The average molecular weight is 447 g/mol. The summed E-state index contributed by atoms with van der Waals surface area (Å²) in [6.45, 7) is 3.91. The molecule has 0 atom stereocenters. The van der Waals surface area contributed by atoms with Crippen LogP contribution < -0.4 is 9.80 Å². The van der Waals surface area contributed by atoms with Crippen molar-refractivity contribution < 1.29 is 18.7 Å². The summed E-state index contributed by atoms with van der Waals surface area (Å²) in [5.74, 6) is 1.60. The molecule has 170 valence electrons. The number of para-hydroxylation sites is 2. The lowest BCUT2D eigenvalue weighted by atomic mass is 9.95. The Morgan fingerprint density at radius 2 is 1.79 bits per heavy atom. The minimum Gasteiger partial charge on any atom is -0.506 e. The van der Waals surface area contributed by atoms with E-state index in [1.165, 1.54) is 6.26 Å². The van der Waals surface area contributed by atoms with Crippen LogP contribution in [0.25, 0.3) is 11.7 Å². The van der Waals surface area contributed by atoms with E-state index < -0.39 is 0 Å². The van der Waals surface area contributed by atoms with Crippen molar-refractivity contribution in [2.45, 2.75) is 12.8 Å². The van der Waals surface area contributed by atoms with Crippen LogP contribution in [0.3, 0.4) is 0 Å². The number of aromatic nitrogens is 1. The molecule has 2 fully saturated rings. The second-order valence-corrected chi connectivity index (χ2v) is 8.32. The number of furan rings is 1. The Labute approximate surface area is 191 Å². The van der Waals surface area contributed by atoms with Gasteiger partial charge in [0.15, 0.2) is 5.76 Å². The number of rotatable bonds is 4. The predicted molar refractivity (Wildman–Crippen MR) is 121 cm³/mol. The number of carbonyl (C=O) groups is 1. The fourth-order valence-electron chi connectivity index (χ4n) is 4.59. The van der Waals surface area contributed by atoms with Crippen molar-refractivity contribution in [2.75, 3.05) is 49.1 Å². The smallest absolute Gasteiger partial charge is 0.266 e. The van der Waals surface area contributed by atoms with Gasteiger partial charge in [-0.25, -0.2) is 0 Å². The van der Waals surface area contributed by atoms with Crippen molar-refractivity contribution in [2.24, 2.45) is 5.92 Å². The molecule has 1 aromatic carbocycles. The van der Waals surface area contributed by atoms with Crippen molar-refractivity contribution in [1.82, 2.24) is 9.88 Å². The normalized spacial score (nSPS) is 17.2. The van der Waals surface area contributed by atoms with Crippen LogP contribution in [0.2, 0.25) is 0 Å². The number of oxazole rings is 1. The Bertz CT molecular complexity index is 1150. The molecule has 0 spiro atoms. The van der Waals surface area contributed by atoms with E-state index in [0.717, 1.165) is 5.69 Å². The topological polar surface area (TPSA) is 110 Å². The number of nitriles is 1. The molecule has 2 aliphatic rings. The molecule has 9 nitrogen and oxygen atoms in total. The number of hydrogen-bond donors (Lipinski definition) is 1. The maximum Gasteiger partial charge on any atom is 0.266 e. The van der Waals surface area contributed by atoms with Crippen LogP contribution in [-0.4, -0.2) is 60.2 Å². The first kappa shape index (κ1) is 20.9. The highest BCUT2D eigenvalue weighted by atomic mass is 16.4. The number of aromatic hydroxyl groups is 1. The average Bonchev–Trinajstić information content (AvgIpc) is 3.54. The lowest BCUT2D eigenvalue weighted by molar-refractivity contribution is -0.136. The van der Waals surface area contributed by atoms with Crippen molar-refractivity contribution in [3.8, 4) is 23.5 Å². The van der Waals surface area contributed by atoms with Gasteiger partial charge in [-0.1, -0.05) is 12.1 Å². The minimum absolute atomic E-state index is 0.0454. The zero-order valence-electron chi connectivity index (χ0n) is 18.2. The number of nitrogens with zero attached hydrogens (tertiary/aromatic N) is 5. The number of piperazine rings is 1. The van der Waals surface area contributed by atoms with E-state index in [0.29, 0.717) is 63.8 Å². The van der Waals surface area contributed by atoms with Crippen molar-refractivity contribution in [1.29, 1.82) is 5.26 Å². The van der Waals surface area contributed by atoms with Gasteiger partial charge in [-0.15, -0.1) is 0 Å². The molecule has 5 rings (SSSR count). The predicted octanol–water partition coefficient (Wildman–Crippen LogP) is 3.08. The SMILES string of the molecule is N#Cc1nc(-c2ccco2)oc1N1CCC(C(=O)N2CCN(c3ccccc3O)CC2)CC1. The number of carbonyl (C=O) groups excluding carboxylic acids is 1. The van der Waals surface area contributed by atoms with Crippen LogP contribution in [0.4, 0.5) is 11.6 Å². The van der Waals surface area contributed by atoms with Gasteiger partial charge in [0.25, 0.3) is 5.89 Å². The Kier molecular flexibility index (Phi) is 5.65. The van der Waals surface area contributed by atoms with Crippen molar-refractivity contribution in [3.63, 3.8) is 0 Å². The molecule has 0 saturated carbocycles. The first-order chi connectivity index (χ1) is 16.1. The van der Waals surface area contributed by atoms with Crippen molar-refractivity contribution in [3.05, 3.63) is 48.4 Å².